The predicted octanol–water partition coefficient (Wildman–Crippen LogP) is -1.81. The molecule has 0 atom stereocenters. The molecule has 0 radical (unpaired) electrons. The Balaban J connectivity index is 3.11. The molecule has 0 spiro atoms. The number of guanidine groups is 2. The highest BCUT2D eigenvalue weighted by Gasteiger charge is 1.97. The molecule has 0 aromatic rings. The highest BCUT2D eigenvalue weighted by atomic mass is 15.5. The zero-order chi connectivity index (χ0) is 14.5. The van der Waals surface area contributed by atoms with Crippen molar-refractivity contribution in [2.24, 2.45) is 17.3 Å². The Morgan fingerprint density at radius 2 is 1.53 bits per heavy atom. The summed E-state index contributed by atoms with van der Waals surface area (Å²) < 4.78 is 0. The molecule has 9 nitrogen and oxygen atoms in total. The van der Waals surface area contributed by atoms with E-state index < -0.39 is 0 Å². The van der Waals surface area contributed by atoms with Crippen molar-refractivity contribution in [2.75, 3.05) is 26.4 Å². The zero-order valence-corrected chi connectivity index (χ0v) is 11.3. The van der Waals surface area contributed by atoms with Crippen LogP contribution in [0.4, 0.5) is 0 Å². The number of nitrogens with one attached hydrogen (secondary N) is 5. The van der Waals surface area contributed by atoms with Crippen LogP contribution in [0.1, 0.15) is 25.7 Å². The van der Waals surface area contributed by atoms with Crippen molar-refractivity contribution in [1.29, 1.82) is 10.8 Å². The minimum absolute atomic E-state index is 0.0157. The lowest BCUT2D eigenvalue weighted by Crippen LogP contribution is -2.47. The van der Waals surface area contributed by atoms with E-state index >= 15 is 0 Å². The van der Waals surface area contributed by atoms with Gasteiger partial charge in [-0.2, -0.15) is 0 Å². The van der Waals surface area contributed by atoms with Gasteiger partial charge in [-0.25, -0.2) is 5.84 Å². The van der Waals surface area contributed by atoms with E-state index in [4.69, 9.17) is 28.1 Å². The molecule has 0 fully saturated rings. The maximum atomic E-state index is 7.06. The molecule has 0 amide bonds. The van der Waals surface area contributed by atoms with Crippen molar-refractivity contribution in [2.45, 2.75) is 25.7 Å². The SMILES string of the molecule is N=C(N)NCNCCCCCCNCN(N)C(=N)N. The second-order valence-corrected chi connectivity index (χ2v) is 4.19. The first-order chi connectivity index (χ1) is 9.04. The fourth-order valence-corrected chi connectivity index (χ4v) is 1.38. The van der Waals surface area contributed by atoms with E-state index in [1.54, 1.807) is 0 Å². The van der Waals surface area contributed by atoms with Crippen molar-refractivity contribution in [3.05, 3.63) is 0 Å². The zero-order valence-electron chi connectivity index (χ0n) is 11.3. The van der Waals surface area contributed by atoms with Crippen LogP contribution in [0.2, 0.25) is 0 Å². The standard InChI is InChI=1S/C10H27N9/c11-9(12)18-7-16-5-3-1-2-4-6-17-8-19(15)10(13)14/h16-17H,1-8,15H2,(H3,13,14)(H4,11,12,18). The van der Waals surface area contributed by atoms with Crippen LogP contribution >= 0.6 is 0 Å². The summed E-state index contributed by atoms with van der Waals surface area (Å²) >= 11 is 0. The summed E-state index contributed by atoms with van der Waals surface area (Å²) in [7, 11) is 0. The van der Waals surface area contributed by atoms with Gasteiger partial charge in [0.2, 0.25) is 5.96 Å². The van der Waals surface area contributed by atoms with E-state index in [-0.39, 0.29) is 11.9 Å². The van der Waals surface area contributed by atoms with Crippen LogP contribution in [0.3, 0.4) is 0 Å². The lowest BCUT2D eigenvalue weighted by atomic mass is 10.2. The fourth-order valence-electron chi connectivity index (χ4n) is 1.38. The molecule has 11 N–H and O–H groups in total. The molecule has 112 valence electrons. The molecule has 0 aromatic carbocycles. The van der Waals surface area contributed by atoms with Crippen molar-refractivity contribution in [1.82, 2.24) is 21.0 Å². The minimum atomic E-state index is -0.141. The number of hydrazine groups is 1. The molecule has 0 heterocycles. The summed E-state index contributed by atoms with van der Waals surface area (Å²) in [5.74, 6) is 5.27. The van der Waals surface area contributed by atoms with Crippen molar-refractivity contribution in [3.8, 4) is 0 Å². The number of hydrogen-bond donors (Lipinski definition) is 8. The Hall–Kier alpha value is -1.58. The molecular formula is C10H27N9. The maximum absolute atomic E-state index is 7.06. The van der Waals surface area contributed by atoms with Gasteiger partial charge < -0.3 is 16.8 Å². The van der Waals surface area contributed by atoms with Crippen molar-refractivity contribution < 1.29 is 0 Å². The molecule has 0 unspecified atom stereocenters. The lowest BCUT2D eigenvalue weighted by molar-refractivity contribution is 0.385. The second kappa shape index (κ2) is 11.5. The first-order valence-corrected chi connectivity index (χ1v) is 6.39. The molecule has 0 saturated heterocycles. The molecule has 9 heteroatoms. The van der Waals surface area contributed by atoms with Crippen LogP contribution in [0, 0.1) is 10.8 Å². The van der Waals surface area contributed by atoms with Crippen molar-refractivity contribution >= 4 is 11.9 Å². The summed E-state index contributed by atoms with van der Waals surface area (Å²) in [5, 5.41) is 24.1. The average Bonchev–Trinajstić information content (AvgIpc) is 2.35. The van der Waals surface area contributed by atoms with Crippen LogP contribution in [0.5, 0.6) is 0 Å². The molecular weight excluding hydrogens is 246 g/mol. The molecule has 0 rings (SSSR count). The van der Waals surface area contributed by atoms with Gasteiger partial charge >= 0.3 is 0 Å². The van der Waals surface area contributed by atoms with Gasteiger partial charge in [0.05, 0.1) is 13.3 Å². The van der Waals surface area contributed by atoms with Crippen LogP contribution < -0.4 is 33.3 Å². The smallest absolute Gasteiger partial charge is 0.204 e. The minimum Gasteiger partial charge on any atom is -0.370 e. The van der Waals surface area contributed by atoms with Gasteiger partial charge in [0.1, 0.15) is 0 Å². The number of nitrogens with zero attached hydrogens (tertiary/aromatic N) is 1. The highest BCUT2D eigenvalue weighted by molar-refractivity contribution is 5.74. The fraction of sp³-hybridized carbons (Fsp3) is 0.800. The van der Waals surface area contributed by atoms with E-state index in [2.05, 4.69) is 16.0 Å². The third-order valence-electron chi connectivity index (χ3n) is 2.45. The summed E-state index contributed by atoms with van der Waals surface area (Å²) in [5.41, 5.74) is 10.3. The monoisotopic (exact) mass is 273 g/mol. The maximum Gasteiger partial charge on any atom is 0.204 e. The molecule has 0 bridgehead atoms. The molecule has 0 saturated carbocycles. The summed E-state index contributed by atoms with van der Waals surface area (Å²) in [6.45, 7) is 2.71. The Morgan fingerprint density at radius 3 is 2.05 bits per heavy atom. The number of rotatable bonds is 11. The second-order valence-electron chi connectivity index (χ2n) is 4.19. The topological polar surface area (TPSA) is 165 Å². The quantitative estimate of drug-likeness (QED) is 0.0548. The largest absolute Gasteiger partial charge is 0.370 e. The van der Waals surface area contributed by atoms with Gasteiger partial charge in [0.25, 0.3) is 0 Å². The Morgan fingerprint density at radius 1 is 0.947 bits per heavy atom. The molecule has 0 aromatic heterocycles. The Labute approximate surface area is 114 Å². The van der Waals surface area contributed by atoms with Crippen LogP contribution in [-0.2, 0) is 0 Å². The van der Waals surface area contributed by atoms with Gasteiger partial charge in [-0.15, -0.1) is 0 Å². The van der Waals surface area contributed by atoms with Crippen molar-refractivity contribution in [3.63, 3.8) is 0 Å². The molecule has 19 heavy (non-hydrogen) atoms. The van der Waals surface area contributed by atoms with E-state index in [0.29, 0.717) is 13.3 Å². The van der Waals surface area contributed by atoms with Crippen LogP contribution in [-0.4, -0.2) is 43.4 Å². The van der Waals surface area contributed by atoms with Gasteiger partial charge in [0.15, 0.2) is 5.96 Å². The molecule has 0 aliphatic rings. The van der Waals surface area contributed by atoms with Crippen LogP contribution in [0.15, 0.2) is 0 Å². The van der Waals surface area contributed by atoms with Gasteiger partial charge in [0, 0.05) is 0 Å². The average molecular weight is 273 g/mol. The summed E-state index contributed by atoms with van der Waals surface area (Å²) in [4.78, 5) is 0. The van der Waals surface area contributed by atoms with E-state index in [1.165, 1.54) is 0 Å². The van der Waals surface area contributed by atoms with E-state index in [9.17, 15) is 0 Å². The number of hydrogen-bond acceptors (Lipinski definition) is 5. The first kappa shape index (κ1) is 17.4. The predicted molar refractivity (Wildman–Crippen MR) is 77.2 cm³/mol. The number of nitrogens with two attached hydrogens (primary N) is 3. The third kappa shape index (κ3) is 12.7. The lowest BCUT2D eigenvalue weighted by Gasteiger charge is -2.16. The normalized spacial score (nSPS) is 10.2. The van der Waals surface area contributed by atoms with E-state index in [1.807, 2.05) is 0 Å². The van der Waals surface area contributed by atoms with Gasteiger partial charge in [-0.1, -0.05) is 12.8 Å². The number of unbranched alkanes of at least 4 members (excludes halogenated alkanes) is 3. The van der Waals surface area contributed by atoms with Gasteiger partial charge in [-0.05, 0) is 25.9 Å². The summed E-state index contributed by atoms with van der Waals surface area (Å²) in [6.07, 6.45) is 4.45. The molecule has 0 aliphatic carbocycles. The summed E-state index contributed by atoms with van der Waals surface area (Å²) in [6, 6.07) is 0. The molecule has 0 aliphatic heterocycles. The third-order valence-corrected chi connectivity index (χ3v) is 2.45. The first-order valence-electron chi connectivity index (χ1n) is 6.39. The van der Waals surface area contributed by atoms with E-state index in [0.717, 1.165) is 43.8 Å². The highest BCUT2D eigenvalue weighted by Crippen LogP contribution is 1.97. The van der Waals surface area contributed by atoms with Crippen LogP contribution in [0.25, 0.3) is 0 Å². The Bertz CT molecular complexity index is 255. The van der Waals surface area contributed by atoms with Gasteiger partial charge in [-0.3, -0.25) is 26.5 Å². The Kier molecular flexibility index (Phi) is 10.6.